The summed E-state index contributed by atoms with van der Waals surface area (Å²) in [5, 5.41) is 9.33. The molecule has 1 aliphatic heterocycles. The zero-order valence-corrected chi connectivity index (χ0v) is 15.1. The van der Waals surface area contributed by atoms with E-state index in [1.54, 1.807) is 0 Å². The molecule has 0 aromatic carbocycles. The molecule has 0 unspecified atom stereocenters. The molecule has 0 bridgehead atoms. The molecule has 0 radical (unpaired) electrons. The largest absolute Gasteiger partial charge is 0.378 e. The van der Waals surface area contributed by atoms with Crippen molar-refractivity contribution in [3.8, 4) is 0 Å². The summed E-state index contributed by atoms with van der Waals surface area (Å²) in [6.07, 6.45) is 7.24. The van der Waals surface area contributed by atoms with Gasteiger partial charge in [-0.25, -0.2) is 0 Å². The summed E-state index contributed by atoms with van der Waals surface area (Å²) in [6.45, 7) is 4.90. The van der Waals surface area contributed by atoms with Crippen molar-refractivity contribution >= 4 is 17.7 Å². The van der Waals surface area contributed by atoms with Crippen LogP contribution in [0.15, 0.2) is 5.16 Å². The molecular weight excluding hydrogens is 312 g/mol. The zero-order valence-electron chi connectivity index (χ0n) is 14.3. The molecule has 6 nitrogen and oxygen atoms in total. The lowest BCUT2D eigenvalue weighted by molar-refractivity contribution is -0.132. The smallest absolute Gasteiger partial charge is 0.233 e. The van der Waals surface area contributed by atoms with Crippen LogP contribution in [0, 0.1) is 0 Å². The Morgan fingerprint density at radius 3 is 2.65 bits per heavy atom. The van der Waals surface area contributed by atoms with Crippen LogP contribution in [0.25, 0.3) is 0 Å². The van der Waals surface area contributed by atoms with Crippen LogP contribution in [0.2, 0.25) is 0 Å². The number of thioether (sulfide) groups is 1. The second-order valence-electron chi connectivity index (χ2n) is 5.90. The van der Waals surface area contributed by atoms with E-state index < -0.39 is 0 Å². The summed E-state index contributed by atoms with van der Waals surface area (Å²) < 4.78 is 7.29. The molecule has 1 amide bonds. The Morgan fingerprint density at radius 1 is 1.17 bits per heavy atom. The van der Waals surface area contributed by atoms with Crippen LogP contribution in [0.5, 0.6) is 0 Å². The van der Waals surface area contributed by atoms with Crippen LogP contribution in [-0.4, -0.2) is 57.6 Å². The molecule has 2 heterocycles. The Balaban J connectivity index is 1.74. The first-order valence-corrected chi connectivity index (χ1v) is 9.57. The van der Waals surface area contributed by atoms with Crippen LogP contribution < -0.4 is 0 Å². The number of carbonyl (C=O) groups is 1. The van der Waals surface area contributed by atoms with E-state index in [1.807, 2.05) is 16.5 Å². The molecule has 0 N–H and O–H groups in total. The van der Waals surface area contributed by atoms with Gasteiger partial charge in [0.1, 0.15) is 5.82 Å². The lowest BCUT2D eigenvalue weighted by Gasteiger charge is -2.26. The molecule has 0 spiro atoms. The van der Waals surface area contributed by atoms with E-state index in [0.717, 1.165) is 23.8 Å². The lowest BCUT2D eigenvalue weighted by atomic mass is 10.1. The minimum atomic E-state index is 0.155. The van der Waals surface area contributed by atoms with Crippen molar-refractivity contribution < 1.29 is 9.53 Å². The van der Waals surface area contributed by atoms with Crippen molar-refractivity contribution in [1.82, 2.24) is 19.7 Å². The van der Waals surface area contributed by atoms with Crippen LogP contribution in [0.3, 0.4) is 0 Å². The average Bonchev–Trinajstić information content (AvgIpc) is 2.93. The summed E-state index contributed by atoms with van der Waals surface area (Å²) in [5.74, 6) is 1.59. The van der Waals surface area contributed by atoms with E-state index in [9.17, 15) is 4.79 Å². The molecule has 1 aliphatic rings. The van der Waals surface area contributed by atoms with Crippen LogP contribution in [0.1, 0.15) is 44.9 Å². The number of carbonyl (C=O) groups excluding carboxylic acids is 1. The highest BCUT2D eigenvalue weighted by atomic mass is 32.2. The third kappa shape index (κ3) is 5.80. The molecule has 2 rings (SSSR count). The van der Waals surface area contributed by atoms with E-state index in [0.29, 0.717) is 32.1 Å². The van der Waals surface area contributed by atoms with Gasteiger partial charge in [0.15, 0.2) is 5.16 Å². The molecule has 23 heavy (non-hydrogen) atoms. The van der Waals surface area contributed by atoms with Crippen molar-refractivity contribution in [3.63, 3.8) is 0 Å². The van der Waals surface area contributed by atoms with Gasteiger partial charge in [-0.05, 0) is 6.42 Å². The fraction of sp³-hybridized carbons (Fsp3) is 0.812. The maximum Gasteiger partial charge on any atom is 0.233 e. The minimum absolute atomic E-state index is 0.155. The lowest BCUT2D eigenvalue weighted by Crippen LogP contribution is -2.41. The number of ether oxygens (including phenoxy) is 1. The van der Waals surface area contributed by atoms with E-state index in [2.05, 4.69) is 17.1 Å². The number of hydrogen-bond donors (Lipinski definition) is 0. The third-order valence-electron chi connectivity index (χ3n) is 4.12. The van der Waals surface area contributed by atoms with Gasteiger partial charge in [0.2, 0.25) is 5.91 Å². The number of morpholine rings is 1. The highest BCUT2D eigenvalue weighted by Gasteiger charge is 2.18. The van der Waals surface area contributed by atoms with Gasteiger partial charge in [0.25, 0.3) is 0 Å². The average molecular weight is 340 g/mol. The second kappa shape index (κ2) is 9.93. The van der Waals surface area contributed by atoms with Gasteiger partial charge in [-0.3, -0.25) is 4.79 Å². The molecule has 0 atom stereocenters. The standard InChI is InChI=1S/C16H28N4O2S/c1-3-4-5-6-7-8-14-17-18-16(19(14)2)23-13-15(21)20-9-11-22-12-10-20/h3-13H2,1-2H3. The Hall–Kier alpha value is -1.08. The van der Waals surface area contributed by atoms with Crippen molar-refractivity contribution in [1.29, 1.82) is 0 Å². The van der Waals surface area contributed by atoms with Crippen molar-refractivity contribution in [2.45, 2.75) is 50.6 Å². The Kier molecular flexibility index (Phi) is 7.88. The number of rotatable bonds is 9. The van der Waals surface area contributed by atoms with E-state index >= 15 is 0 Å². The molecule has 0 aliphatic carbocycles. The normalized spacial score (nSPS) is 15.1. The Labute approximate surface area is 143 Å². The fourth-order valence-electron chi connectivity index (χ4n) is 2.61. The number of nitrogens with zero attached hydrogens (tertiary/aromatic N) is 4. The van der Waals surface area contributed by atoms with Gasteiger partial charge in [0.05, 0.1) is 19.0 Å². The predicted octanol–water partition coefficient (Wildman–Crippen LogP) is 2.28. The molecule has 7 heteroatoms. The molecule has 0 saturated carbocycles. The number of unbranched alkanes of at least 4 members (excludes halogenated alkanes) is 4. The van der Waals surface area contributed by atoms with Crippen molar-refractivity contribution in [3.05, 3.63) is 5.82 Å². The van der Waals surface area contributed by atoms with Gasteiger partial charge in [-0.15, -0.1) is 10.2 Å². The summed E-state index contributed by atoms with van der Waals surface area (Å²) in [6, 6.07) is 0. The number of hydrogen-bond acceptors (Lipinski definition) is 5. The van der Waals surface area contributed by atoms with Crippen LogP contribution in [0.4, 0.5) is 0 Å². The minimum Gasteiger partial charge on any atom is -0.378 e. The monoisotopic (exact) mass is 340 g/mol. The van der Waals surface area contributed by atoms with Gasteiger partial charge < -0.3 is 14.2 Å². The Morgan fingerprint density at radius 2 is 1.91 bits per heavy atom. The molecule has 1 fully saturated rings. The van der Waals surface area contributed by atoms with Gasteiger partial charge >= 0.3 is 0 Å². The predicted molar refractivity (Wildman–Crippen MR) is 91.6 cm³/mol. The van der Waals surface area contributed by atoms with Crippen molar-refractivity contribution in [2.75, 3.05) is 32.1 Å². The SMILES string of the molecule is CCCCCCCc1nnc(SCC(=O)N2CCOCC2)n1C. The van der Waals surface area contributed by atoms with Gasteiger partial charge in [-0.1, -0.05) is 44.4 Å². The highest BCUT2D eigenvalue weighted by Crippen LogP contribution is 2.18. The third-order valence-corrected chi connectivity index (χ3v) is 5.12. The number of aryl methyl sites for hydroxylation is 1. The molecule has 1 aromatic heterocycles. The molecule has 1 aromatic rings. The van der Waals surface area contributed by atoms with E-state index in [-0.39, 0.29) is 5.91 Å². The first-order chi connectivity index (χ1) is 11.2. The second-order valence-corrected chi connectivity index (χ2v) is 6.85. The number of aromatic nitrogens is 3. The van der Waals surface area contributed by atoms with Crippen LogP contribution in [-0.2, 0) is 23.0 Å². The summed E-state index contributed by atoms with van der Waals surface area (Å²) in [4.78, 5) is 14.0. The first-order valence-electron chi connectivity index (χ1n) is 8.59. The topological polar surface area (TPSA) is 60.3 Å². The highest BCUT2D eigenvalue weighted by molar-refractivity contribution is 7.99. The molecule has 1 saturated heterocycles. The summed E-state index contributed by atoms with van der Waals surface area (Å²) >= 11 is 1.47. The van der Waals surface area contributed by atoms with Crippen LogP contribution >= 0.6 is 11.8 Å². The zero-order chi connectivity index (χ0) is 16.5. The van der Waals surface area contributed by atoms with Gasteiger partial charge in [-0.2, -0.15) is 0 Å². The maximum atomic E-state index is 12.2. The summed E-state index contributed by atoms with van der Waals surface area (Å²) in [7, 11) is 1.99. The Bertz CT molecular complexity index is 486. The fourth-order valence-corrected chi connectivity index (χ4v) is 3.44. The quantitative estimate of drug-likeness (QED) is 0.510. The van der Waals surface area contributed by atoms with E-state index in [1.165, 1.54) is 37.4 Å². The molecule has 130 valence electrons. The number of amides is 1. The van der Waals surface area contributed by atoms with Crippen molar-refractivity contribution in [2.24, 2.45) is 7.05 Å². The van der Waals surface area contributed by atoms with E-state index in [4.69, 9.17) is 4.74 Å². The first kappa shape index (κ1) is 18.3. The summed E-state index contributed by atoms with van der Waals surface area (Å²) in [5.41, 5.74) is 0. The van der Waals surface area contributed by atoms with Gasteiger partial charge in [0, 0.05) is 26.6 Å². The molecular formula is C16H28N4O2S. The maximum absolute atomic E-state index is 12.2.